The number of benzene rings is 1. The molecular formula is C13H18IN3O2. The molecule has 1 aromatic carbocycles. The fourth-order valence-electron chi connectivity index (χ4n) is 2.70. The fourth-order valence-corrected chi connectivity index (χ4v) is 3.17. The van der Waals surface area contributed by atoms with Gasteiger partial charge in [-0.2, -0.15) is 0 Å². The Morgan fingerprint density at radius 3 is 2.95 bits per heavy atom. The number of hydrogen-bond donors (Lipinski definition) is 1. The van der Waals surface area contributed by atoms with E-state index < -0.39 is 0 Å². The van der Waals surface area contributed by atoms with Crippen molar-refractivity contribution in [3.05, 3.63) is 31.9 Å². The van der Waals surface area contributed by atoms with E-state index in [1.54, 1.807) is 6.07 Å². The molecule has 2 rings (SSSR count). The largest absolute Gasteiger partial charge is 0.363 e. The highest BCUT2D eigenvalue weighted by molar-refractivity contribution is 14.1. The Labute approximate surface area is 126 Å². The molecule has 0 spiro atoms. The molecule has 1 aliphatic heterocycles. The summed E-state index contributed by atoms with van der Waals surface area (Å²) in [6, 6.07) is 5.77. The molecule has 5 nitrogen and oxygen atoms in total. The van der Waals surface area contributed by atoms with Crippen molar-refractivity contribution in [1.82, 2.24) is 0 Å². The molecule has 0 saturated carbocycles. The summed E-state index contributed by atoms with van der Waals surface area (Å²) in [7, 11) is 0. The zero-order chi connectivity index (χ0) is 13.8. The first-order valence-corrected chi connectivity index (χ1v) is 7.62. The van der Waals surface area contributed by atoms with E-state index in [2.05, 4.69) is 27.5 Å². The molecule has 1 atom stereocenters. The van der Waals surface area contributed by atoms with Gasteiger partial charge in [-0.15, -0.1) is 0 Å². The Balaban J connectivity index is 2.35. The first-order chi connectivity index (χ1) is 9.13. The molecule has 0 radical (unpaired) electrons. The summed E-state index contributed by atoms with van der Waals surface area (Å²) in [5.41, 5.74) is 6.60. The van der Waals surface area contributed by atoms with Crippen LogP contribution >= 0.6 is 22.6 Å². The first kappa shape index (κ1) is 14.5. The number of anilines is 1. The minimum absolute atomic E-state index is 0.204. The van der Waals surface area contributed by atoms with Crippen LogP contribution in [0.3, 0.4) is 0 Å². The lowest BCUT2D eigenvalue weighted by atomic mass is 9.98. The summed E-state index contributed by atoms with van der Waals surface area (Å²) in [4.78, 5) is 13.1. The van der Waals surface area contributed by atoms with Gasteiger partial charge in [-0.1, -0.05) is 0 Å². The average molecular weight is 375 g/mol. The molecule has 1 aliphatic rings. The van der Waals surface area contributed by atoms with Gasteiger partial charge < -0.3 is 10.6 Å². The number of hydrogen-bond acceptors (Lipinski definition) is 4. The first-order valence-electron chi connectivity index (χ1n) is 6.54. The topological polar surface area (TPSA) is 72.4 Å². The monoisotopic (exact) mass is 375 g/mol. The molecule has 1 aromatic rings. The maximum Gasteiger partial charge on any atom is 0.293 e. The number of halogens is 1. The molecule has 104 valence electrons. The summed E-state index contributed by atoms with van der Waals surface area (Å²) in [6.45, 7) is 1.51. The predicted octanol–water partition coefficient (Wildman–Crippen LogP) is 2.91. The third-order valence-corrected chi connectivity index (χ3v) is 4.24. The van der Waals surface area contributed by atoms with Gasteiger partial charge in [0, 0.05) is 22.2 Å². The van der Waals surface area contributed by atoms with Crippen LogP contribution in [0.25, 0.3) is 0 Å². The van der Waals surface area contributed by atoms with E-state index >= 15 is 0 Å². The van der Waals surface area contributed by atoms with Crippen LogP contribution in [0.1, 0.15) is 25.7 Å². The molecule has 1 heterocycles. The lowest BCUT2D eigenvalue weighted by molar-refractivity contribution is -0.384. The normalized spacial score (nSPS) is 19.5. The second-order valence-corrected chi connectivity index (χ2v) is 6.06. The smallest absolute Gasteiger partial charge is 0.293 e. The summed E-state index contributed by atoms with van der Waals surface area (Å²) in [6.07, 6.45) is 4.23. The van der Waals surface area contributed by atoms with Crippen LogP contribution in [-0.2, 0) is 0 Å². The number of piperidine rings is 1. The molecule has 1 fully saturated rings. The Morgan fingerprint density at radius 2 is 2.26 bits per heavy atom. The molecule has 0 aliphatic carbocycles. The zero-order valence-corrected chi connectivity index (χ0v) is 12.9. The number of nitro benzene ring substituents is 1. The van der Waals surface area contributed by atoms with Crippen molar-refractivity contribution in [2.75, 3.05) is 18.0 Å². The van der Waals surface area contributed by atoms with Gasteiger partial charge in [0.2, 0.25) is 0 Å². The van der Waals surface area contributed by atoms with Crippen LogP contribution in [0.15, 0.2) is 18.2 Å². The van der Waals surface area contributed by atoms with Gasteiger partial charge in [-0.3, -0.25) is 10.1 Å². The highest BCUT2D eigenvalue weighted by Gasteiger charge is 2.27. The minimum atomic E-state index is -0.286. The molecule has 2 N–H and O–H groups in total. The molecule has 19 heavy (non-hydrogen) atoms. The van der Waals surface area contributed by atoms with Crippen LogP contribution in [0.5, 0.6) is 0 Å². The lowest BCUT2D eigenvalue weighted by Crippen LogP contribution is -2.41. The Kier molecular flexibility index (Phi) is 4.98. The van der Waals surface area contributed by atoms with E-state index in [0.29, 0.717) is 12.6 Å². The van der Waals surface area contributed by atoms with E-state index in [9.17, 15) is 10.1 Å². The van der Waals surface area contributed by atoms with Gasteiger partial charge in [0.05, 0.1) is 4.92 Å². The zero-order valence-electron chi connectivity index (χ0n) is 10.7. The van der Waals surface area contributed by atoms with Gasteiger partial charge in [0.15, 0.2) is 0 Å². The van der Waals surface area contributed by atoms with E-state index in [1.165, 1.54) is 6.42 Å². The van der Waals surface area contributed by atoms with Crippen LogP contribution in [0.4, 0.5) is 11.4 Å². The number of nitrogens with two attached hydrogens (primary N) is 1. The lowest BCUT2D eigenvalue weighted by Gasteiger charge is -2.37. The quantitative estimate of drug-likeness (QED) is 0.499. The molecule has 1 unspecified atom stereocenters. The standard InChI is InChI=1S/C13H18IN3O2/c14-10-4-5-12(13(9-10)17(18)19)16-8-2-1-3-11(16)6-7-15/h4-5,9,11H,1-3,6-8,15H2. The molecule has 0 aromatic heterocycles. The summed E-state index contributed by atoms with van der Waals surface area (Å²) in [5.74, 6) is 0. The highest BCUT2D eigenvalue weighted by Crippen LogP contribution is 2.34. The van der Waals surface area contributed by atoms with E-state index in [4.69, 9.17) is 5.73 Å². The van der Waals surface area contributed by atoms with Crippen molar-refractivity contribution < 1.29 is 4.92 Å². The minimum Gasteiger partial charge on any atom is -0.363 e. The molecular weight excluding hydrogens is 357 g/mol. The number of rotatable bonds is 4. The van der Waals surface area contributed by atoms with Gasteiger partial charge in [0.1, 0.15) is 5.69 Å². The predicted molar refractivity (Wildman–Crippen MR) is 84.5 cm³/mol. The number of nitro groups is 1. The molecule has 1 saturated heterocycles. The fraction of sp³-hybridized carbons (Fsp3) is 0.538. The van der Waals surface area contributed by atoms with Crippen LogP contribution in [-0.4, -0.2) is 24.1 Å². The van der Waals surface area contributed by atoms with E-state index in [0.717, 1.165) is 35.1 Å². The Hall–Kier alpha value is -0.890. The third kappa shape index (κ3) is 3.36. The third-order valence-electron chi connectivity index (χ3n) is 3.57. The van der Waals surface area contributed by atoms with E-state index in [-0.39, 0.29) is 10.6 Å². The SMILES string of the molecule is NCCC1CCCCN1c1ccc(I)cc1[N+](=O)[O-]. The van der Waals surface area contributed by atoms with Crippen molar-refractivity contribution >= 4 is 34.0 Å². The second-order valence-electron chi connectivity index (χ2n) is 4.81. The molecule has 0 amide bonds. The molecule has 6 heteroatoms. The van der Waals surface area contributed by atoms with Crippen LogP contribution in [0, 0.1) is 13.7 Å². The Morgan fingerprint density at radius 1 is 1.47 bits per heavy atom. The van der Waals surface area contributed by atoms with Gasteiger partial charge in [-0.05, 0) is 67.0 Å². The van der Waals surface area contributed by atoms with Crippen LogP contribution in [0.2, 0.25) is 0 Å². The molecule has 0 bridgehead atoms. The van der Waals surface area contributed by atoms with Crippen molar-refractivity contribution in [3.8, 4) is 0 Å². The van der Waals surface area contributed by atoms with Crippen molar-refractivity contribution in [2.24, 2.45) is 5.73 Å². The maximum absolute atomic E-state index is 11.2. The van der Waals surface area contributed by atoms with Crippen molar-refractivity contribution in [1.29, 1.82) is 0 Å². The van der Waals surface area contributed by atoms with Gasteiger partial charge in [0.25, 0.3) is 5.69 Å². The summed E-state index contributed by atoms with van der Waals surface area (Å²) in [5, 5.41) is 11.2. The van der Waals surface area contributed by atoms with Gasteiger partial charge in [-0.25, -0.2) is 0 Å². The summed E-state index contributed by atoms with van der Waals surface area (Å²) < 4.78 is 0.889. The number of nitrogens with zero attached hydrogens (tertiary/aromatic N) is 2. The van der Waals surface area contributed by atoms with E-state index in [1.807, 2.05) is 12.1 Å². The Bertz CT molecular complexity index is 465. The van der Waals surface area contributed by atoms with Crippen molar-refractivity contribution in [2.45, 2.75) is 31.7 Å². The second kappa shape index (κ2) is 6.51. The highest BCUT2D eigenvalue weighted by atomic mass is 127. The van der Waals surface area contributed by atoms with Crippen LogP contribution < -0.4 is 10.6 Å². The average Bonchev–Trinajstić information content (AvgIpc) is 2.40. The summed E-state index contributed by atoms with van der Waals surface area (Å²) >= 11 is 2.11. The maximum atomic E-state index is 11.2. The van der Waals surface area contributed by atoms with Crippen molar-refractivity contribution in [3.63, 3.8) is 0 Å². The van der Waals surface area contributed by atoms with Gasteiger partial charge >= 0.3 is 0 Å².